The second kappa shape index (κ2) is 9.48. The molecule has 1 aliphatic rings. The predicted octanol–water partition coefficient (Wildman–Crippen LogP) is 1.74. The normalized spacial score (nSPS) is 14.4. The van der Waals surface area contributed by atoms with Crippen molar-refractivity contribution in [2.45, 2.75) is 13.8 Å². The van der Waals surface area contributed by atoms with Crippen LogP contribution in [-0.4, -0.2) is 62.7 Å². The average Bonchev–Trinajstić information content (AvgIpc) is 2.59. The smallest absolute Gasteiger partial charge is 0.319 e. The van der Waals surface area contributed by atoms with Crippen LogP contribution in [0.1, 0.15) is 13.8 Å². The van der Waals surface area contributed by atoms with Gasteiger partial charge in [-0.05, 0) is 31.3 Å². The fourth-order valence-electron chi connectivity index (χ4n) is 2.73. The molecule has 138 valence electrons. The number of benzene rings is 1. The lowest BCUT2D eigenvalue weighted by molar-refractivity contribution is -0.120. The minimum atomic E-state index is -0.256. The van der Waals surface area contributed by atoms with E-state index in [4.69, 9.17) is 11.6 Å². The van der Waals surface area contributed by atoms with E-state index >= 15 is 0 Å². The van der Waals surface area contributed by atoms with Crippen molar-refractivity contribution in [3.63, 3.8) is 0 Å². The summed E-state index contributed by atoms with van der Waals surface area (Å²) in [4.78, 5) is 27.6. The summed E-state index contributed by atoms with van der Waals surface area (Å²) in [5.74, 6) is -0.0166. The van der Waals surface area contributed by atoms with E-state index in [1.807, 2.05) is 11.0 Å². The fourth-order valence-corrected chi connectivity index (χ4v) is 3.03. The number of piperazine rings is 1. The zero-order chi connectivity index (χ0) is 18.2. The molecule has 0 atom stereocenters. The topological polar surface area (TPSA) is 76.7 Å². The van der Waals surface area contributed by atoms with Gasteiger partial charge in [0.15, 0.2) is 0 Å². The molecule has 2 rings (SSSR count). The van der Waals surface area contributed by atoms with Gasteiger partial charge >= 0.3 is 6.03 Å². The number of likely N-dealkylation sites (N-methyl/N-ethyl adjacent to an activating group) is 1. The summed E-state index contributed by atoms with van der Waals surface area (Å²) in [6.45, 7) is 9.13. The summed E-state index contributed by atoms with van der Waals surface area (Å²) < 4.78 is 0. The largest absolute Gasteiger partial charge is 0.359 e. The zero-order valence-electron chi connectivity index (χ0n) is 14.8. The van der Waals surface area contributed by atoms with Crippen LogP contribution in [0.3, 0.4) is 0 Å². The van der Waals surface area contributed by atoms with Crippen molar-refractivity contribution in [2.24, 2.45) is 0 Å². The molecule has 1 aliphatic heterocycles. The number of amides is 3. The molecule has 3 amide bonds. The molecule has 25 heavy (non-hydrogen) atoms. The van der Waals surface area contributed by atoms with E-state index in [1.54, 1.807) is 12.1 Å². The number of carbonyl (C=O) groups excluding carboxylic acids is 2. The number of hydrogen-bond donors (Lipinski definition) is 3. The van der Waals surface area contributed by atoms with Crippen molar-refractivity contribution in [3.8, 4) is 0 Å². The van der Waals surface area contributed by atoms with E-state index < -0.39 is 0 Å². The van der Waals surface area contributed by atoms with E-state index in [-0.39, 0.29) is 11.9 Å². The standard InChI is InChI=1S/C17H26ClN5O2/c1-3-22(4-2)9-7-20-17(25)21-13-5-6-15(14(18)11-13)23-10-8-19-16(24)12-23/h5-6,11H,3-4,7-10,12H2,1-2H3,(H,19,24)(H2,20,21,25). The maximum absolute atomic E-state index is 12.0. The first-order chi connectivity index (χ1) is 12.0. The SMILES string of the molecule is CCN(CC)CCNC(=O)Nc1ccc(N2CCNC(=O)C2)c(Cl)c1. The second-order valence-electron chi connectivity index (χ2n) is 5.85. The second-order valence-corrected chi connectivity index (χ2v) is 6.25. The highest BCUT2D eigenvalue weighted by Gasteiger charge is 2.18. The molecule has 8 heteroatoms. The van der Waals surface area contributed by atoms with E-state index in [2.05, 4.69) is 34.7 Å². The van der Waals surface area contributed by atoms with Crippen LogP contribution in [0.25, 0.3) is 0 Å². The third kappa shape index (κ3) is 5.79. The van der Waals surface area contributed by atoms with Gasteiger partial charge in [-0.15, -0.1) is 0 Å². The molecule has 3 N–H and O–H groups in total. The Hall–Kier alpha value is -1.99. The van der Waals surface area contributed by atoms with Gasteiger partial charge in [-0.3, -0.25) is 4.79 Å². The molecule has 0 radical (unpaired) electrons. The first kappa shape index (κ1) is 19.3. The molecule has 1 heterocycles. The van der Waals surface area contributed by atoms with Crippen molar-refractivity contribution >= 4 is 34.9 Å². The van der Waals surface area contributed by atoms with E-state index in [0.29, 0.717) is 36.9 Å². The maximum Gasteiger partial charge on any atom is 0.319 e. The van der Waals surface area contributed by atoms with Crippen LogP contribution in [-0.2, 0) is 4.79 Å². The number of nitrogens with zero attached hydrogens (tertiary/aromatic N) is 2. The lowest BCUT2D eigenvalue weighted by Gasteiger charge is -2.29. The quantitative estimate of drug-likeness (QED) is 0.686. The molecule has 0 unspecified atom stereocenters. The highest BCUT2D eigenvalue weighted by molar-refractivity contribution is 6.33. The van der Waals surface area contributed by atoms with Gasteiger partial charge in [-0.1, -0.05) is 25.4 Å². The van der Waals surface area contributed by atoms with Gasteiger partial charge in [0.2, 0.25) is 5.91 Å². The Bertz CT molecular complexity index is 607. The van der Waals surface area contributed by atoms with Gasteiger partial charge in [0.05, 0.1) is 17.3 Å². The van der Waals surface area contributed by atoms with Gasteiger partial charge < -0.3 is 25.8 Å². The van der Waals surface area contributed by atoms with Crippen LogP contribution in [0.15, 0.2) is 18.2 Å². The minimum Gasteiger partial charge on any atom is -0.359 e. The van der Waals surface area contributed by atoms with Crippen molar-refractivity contribution < 1.29 is 9.59 Å². The Morgan fingerprint density at radius 1 is 1.36 bits per heavy atom. The molecular weight excluding hydrogens is 342 g/mol. The summed E-state index contributed by atoms with van der Waals surface area (Å²) in [6, 6.07) is 5.06. The minimum absolute atomic E-state index is 0.0166. The lowest BCUT2D eigenvalue weighted by Crippen LogP contribution is -2.47. The Morgan fingerprint density at radius 2 is 2.12 bits per heavy atom. The van der Waals surface area contributed by atoms with E-state index in [9.17, 15) is 9.59 Å². The Balaban J connectivity index is 1.87. The summed E-state index contributed by atoms with van der Waals surface area (Å²) in [5, 5.41) is 8.91. The highest BCUT2D eigenvalue weighted by atomic mass is 35.5. The van der Waals surface area contributed by atoms with Gasteiger partial charge in [0, 0.05) is 31.9 Å². The van der Waals surface area contributed by atoms with Gasteiger partial charge in [-0.2, -0.15) is 0 Å². The number of nitrogens with one attached hydrogen (secondary N) is 3. The number of halogens is 1. The molecule has 1 fully saturated rings. The Kier molecular flexibility index (Phi) is 7.33. The van der Waals surface area contributed by atoms with Crippen molar-refractivity contribution in [3.05, 3.63) is 23.2 Å². The predicted molar refractivity (Wildman–Crippen MR) is 101 cm³/mol. The number of hydrogen-bond acceptors (Lipinski definition) is 4. The monoisotopic (exact) mass is 367 g/mol. The van der Waals surface area contributed by atoms with E-state index in [0.717, 1.165) is 25.3 Å². The fraction of sp³-hybridized carbons (Fsp3) is 0.529. The molecular formula is C17H26ClN5O2. The number of anilines is 2. The van der Waals surface area contributed by atoms with Crippen LogP contribution in [0.4, 0.5) is 16.2 Å². The summed E-state index contributed by atoms with van der Waals surface area (Å²) in [6.07, 6.45) is 0. The summed E-state index contributed by atoms with van der Waals surface area (Å²) in [5.41, 5.74) is 1.42. The van der Waals surface area contributed by atoms with Crippen molar-refractivity contribution in [1.29, 1.82) is 0 Å². The molecule has 1 saturated heterocycles. The summed E-state index contributed by atoms with van der Waals surface area (Å²) in [7, 11) is 0. The van der Waals surface area contributed by atoms with Crippen molar-refractivity contribution in [1.82, 2.24) is 15.5 Å². The van der Waals surface area contributed by atoms with Crippen LogP contribution in [0.5, 0.6) is 0 Å². The molecule has 0 aliphatic carbocycles. The third-order valence-corrected chi connectivity index (χ3v) is 4.50. The average molecular weight is 368 g/mol. The van der Waals surface area contributed by atoms with Crippen LogP contribution < -0.4 is 20.9 Å². The maximum atomic E-state index is 12.0. The Morgan fingerprint density at radius 3 is 2.76 bits per heavy atom. The molecule has 7 nitrogen and oxygen atoms in total. The van der Waals surface area contributed by atoms with Gasteiger partial charge in [-0.25, -0.2) is 4.79 Å². The van der Waals surface area contributed by atoms with Gasteiger partial charge in [0.25, 0.3) is 0 Å². The molecule has 1 aromatic rings. The molecule has 0 spiro atoms. The molecule has 0 saturated carbocycles. The van der Waals surface area contributed by atoms with Crippen LogP contribution >= 0.6 is 11.6 Å². The Labute approximate surface area is 153 Å². The molecule has 0 bridgehead atoms. The molecule has 1 aromatic carbocycles. The molecule has 0 aromatic heterocycles. The van der Waals surface area contributed by atoms with Gasteiger partial charge in [0.1, 0.15) is 0 Å². The first-order valence-corrected chi connectivity index (χ1v) is 8.99. The number of rotatable bonds is 7. The number of carbonyl (C=O) groups is 2. The first-order valence-electron chi connectivity index (χ1n) is 8.61. The van der Waals surface area contributed by atoms with Crippen LogP contribution in [0, 0.1) is 0 Å². The number of urea groups is 1. The summed E-state index contributed by atoms with van der Waals surface area (Å²) >= 11 is 6.33. The third-order valence-electron chi connectivity index (χ3n) is 4.19. The van der Waals surface area contributed by atoms with E-state index in [1.165, 1.54) is 0 Å². The zero-order valence-corrected chi connectivity index (χ0v) is 15.5. The highest BCUT2D eigenvalue weighted by Crippen LogP contribution is 2.29. The van der Waals surface area contributed by atoms with Crippen LogP contribution in [0.2, 0.25) is 5.02 Å². The lowest BCUT2D eigenvalue weighted by atomic mass is 10.2. The van der Waals surface area contributed by atoms with Crippen molar-refractivity contribution in [2.75, 3.05) is 56.0 Å².